The molecular formula is C10H8OS. The molecular weight excluding hydrogens is 168 g/mol. The van der Waals surface area contributed by atoms with Crippen LogP contribution in [0.1, 0.15) is 15.9 Å². The second kappa shape index (κ2) is 3.15. The molecule has 0 spiro atoms. The minimum absolute atomic E-state index is 0.152. The topological polar surface area (TPSA) is 17.1 Å². The Hall–Kier alpha value is -1.02. The summed E-state index contributed by atoms with van der Waals surface area (Å²) in [5.41, 5.74) is 1.98. The number of rotatable bonds is 0. The fourth-order valence-corrected chi connectivity index (χ4v) is 1.89. The van der Waals surface area contributed by atoms with Gasteiger partial charge in [0.15, 0.2) is 0 Å². The minimum Gasteiger partial charge on any atom is -0.281 e. The smallest absolute Gasteiger partial charge is 0.223 e. The van der Waals surface area contributed by atoms with Crippen molar-refractivity contribution in [2.45, 2.75) is 6.42 Å². The molecule has 0 saturated carbocycles. The quantitative estimate of drug-likeness (QED) is 0.604. The molecule has 0 aromatic heterocycles. The molecule has 1 aromatic rings. The number of carbonyl (C=O) groups is 1. The third kappa shape index (κ3) is 1.30. The molecule has 1 aliphatic rings. The maximum atomic E-state index is 11.4. The number of carbonyl (C=O) groups excluding carboxylic acids is 1. The van der Waals surface area contributed by atoms with Gasteiger partial charge in [0.2, 0.25) is 5.12 Å². The van der Waals surface area contributed by atoms with Crippen molar-refractivity contribution in [1.29, 1.82) is 0 Å². The molecule has 60 valence electrons. The van der Waals surface area contributed by atoms with Crippen LogP contribution < -0.4 is 0 Å². The zero-order valence-electron chi connectivity index (χ0n) is 6.49. The standard InChI is InChI=1S/C10H8OS/c11-10-9-6-2-1-4-8(9)5-3-7-12-10/h1-4,6-7H,5H2. The first-order chi connectivity index (χ1) is 5.88. The van der Waals surface area contributed by atoms with Gasteiger partial charge in [0.1, 0.15) is 0 Å². The molecule has 0 unspecified atom stereocenters. The minimum atomic E-state index is 0.152. The largest absolute Gasteiger partial charge is 0.281 e. The van der Waals surface area contributed by atoms with Gasteiger partial charge in [-0.3, -0.25) is 4.79 Å². The molecule has 1 heterocycles. The van der Waals surface area contributed by atoms with Gasteiger partial charge in [-0.05, 0) is 17.4 Å². The van der Waals surface area contributed by atoms with Crippen LogP contribution in [0.15, 0.2) is 35.7 Å². The van der Waals surface area contributed by atoms with Crippen LogP contribution in [0, 0.1) is 0 Å². The lowest BCUT2D eigenvalue weighted by atomic mass is 10.1. The Morgan fingerprint density at radius 2 is 2.08 bits per heavy atom. The number of hydrogen-bond acceptors (Lipinski definition) is 2. The van der Waals surface area contributed by atoms with Crippen LogP contribution in [0.2, 0.25) is 0 Å². The molecule has 0 N–H and O–H groups in total. The molecule has 1 aliphatic heterocycles. The maximum absolute atomic E-state index is 11.4. The number of hydrogen-bond donors (Lipinski definition) is 0. The van der Waals surface area contributed by atoms with E-state index in [1.165, 1.54) is 11.8 Å². The van der Waals surface area contributed by atoms with E-state index in [-0.39, 0.29) is 5.12 Å². The Labute approximate surface area is 75.5 Å². The predicted molar refractivity (Wildman–Crippen MR) is 51.2 cm³/mol. The average molecular weight is 176 g/mol. The zero-order chi connectivity index (χ0) is 8.39. The second-order valence-electron chi connectivity index (χ2n) is 2.64. The Kier molecular flexibility index (Phi) is 2.00. The first-order valence-corrected chi connectivity index (χ1v) is 4.70. The summed E-state index contributed by atoms with van der Waals surface area (Å²) < 4.78 is 0. The molecule has 0 aliphatic carbocycles. The SMILES string of the molecule is O=C1SC=CCc2ccccc21. The fourth-order valence-electron chi connectivity index (χ4n) is 1.25. The van der Waals surface area contributed by atoms with Crippen molar-refractivity contribution in [2.24, 2.45) is 0 Å². The van der Waals surface area contributed by atoms with Gasteiger partial charge in [-0.1, -0.05) is 42.1 Å². The number of benzene rings is 1. The van der Waals surface area contributed by atoms with Crippen molar-refractivity contribution in [2.75, 3.05) is 0 Å². The highest BCUT2D eigenvalue weighted by Crippen LogP contribution is 2.21. The van der Waals surface area contributed by atoms with Crippen molar-refractivity contribution in [3.8, 4) is 0 Å². The lowest BCUT2D eigenvalue weighted by Gasteiger charge is -2.00. The first kappa shape index (κ1) is 7.62. The Morgan fingerprint density at radius 3 is 3.00 bits per heavy atom. The van der Waals surface area contributed by atoms with Gasteiger partial charge in [0.05, 0.1) is 0 Å². The average Bonchev–Trinajstić information content (AvgIpc) is 2.29. The van der Waals surface area contributed by atoms with Crippen LogP contribution in [0.3, 0.4) is 0 Å². The molecule has 1 nitrogen and oxygen atoms in total. The van der Waals surface area contributed by atoms with E-state index < -0.39 is 0 Å². The summed E-state index contributed by atoms with van der Waals surface area (Å²) in [4.78, 5) is 11.4. The molecule has 2 heteroatoms. The van der Waals surface area contributed by atoms with E-state index in [9.17, 15) is 4.79 Å². The van der Waals surface area contributed by atoms with Crippen molar-refractivity contribution in [3.63, 3.8) is 0 Å². The van der Waals surface area contributed by atoms with Crippen molar-refractivity contribution in [1.82, 2.24) is 0 Å². The van der Waals surface area contributed by atoms with Crippen LogP contribution in [0.5, 0.6) is 0 Å². The van der Waals surface area contributed by atoms with Crippen LogP contribution in [0.4, 0.5) is 0 Å². The molecule has 0 fully saturated rings. The maximum Gasteiger partial charge on any atom is 0.223 e. The van der Waals surface area contributed by atoms with E-state index in [0.29, 0.717) is 0 Å². The lowest BCUT2D eigenvalue weighted by Crippen LogP contribution is -1.95. The fraction of sp³-hybridized carbons (Fsp3) is 0.100. The molecule has 12 heavy (non-hydrogen) atoms. The van der Waals surface area contributed by atoms with Crippen molar-refractivity contribution in [3.05, 3.63) is 46.9 Å². The van der Waals surface area contributed by atoms with E-state index >= 15 is 0 Å². The summed E-state index contributed by atoms with van der Waals surface area (Å²) in [5.74, 6) is 0. The van der Waals surface area contributed by atoms with Gasteiger partial charge in [0, 0.05) is 5.56 Å². The monoisotopic (exact) mass is 176 g/mol. The third-order valence-electron chi connectivity index (χ3n) is 1.85. The zero-order valence-corrected chi connectivity index (χ0v) is 7.30. The van der Waals surface area contributed by atoms with Crippen molar-refractivity contribution < 1.29 is 4.79 Å². The molecule has 0 radical (unpaired) electrons. The first-order valence-electron chi connectivity index (χ1n) is 3.82. The lowest BCUT2D eigenvalue weighted by molar-refractivity contribution is 0.108. The summed E-state index contributed by atoms with van der Waals surface area (Å²) in [6.45, 7) is 0. The summed E-state index contributed by atoms with van der Waals surface area (Å²) in [6, 6.07) is 7.76. The van der Waals surface area contributed by atoms with E-state index in [2.05, 4.69) is 0 Å². The second-order valence-corrected chi connectivity index (χ2v) is 3.52. The summed E-state index contributed by atoms with van der Waals surface area (Å²) >= 11 is 1.26. The van der Waals surface area contributed by atoms with Gasteiger partial charge in [-0.2, -0.15) is 0 Å². The molecule has 0 saturated heterocycles. The van der Waals surface area contributed by atoms with E-state index in [4.69, 9.17) is 0 Å². The van der Waals surface area contributed by atoms with Crippen LogP contribution >= 0.6 is 11.8 Å². The van der Waals surface area contributed by atoms with E-state index in [0.717, 1.165) is 17.5 Å². The van der Waals surface area contributed by atoms with Gasteiger partial charge in [-0.15, -0.1) is 0 Å². The molecule has 1 aromatic carbocycles. The number of allylic oxidation sites excluding steroid dienone is 1. The third-order valence-corrected chi connectivity index (χ3v) is 2.61. The number of fused-ring (bicyclic) bond motifs is 1. The molecule has 0 atom stereocenters. The normalized spacial score (nSPS) is 15.5. The highest BCUT2D eigenvalue weighted by atomic mass is 32.2. The Balaban J connectivity index is 2.52. The van der Waals surface area contributed by atoms with E-state index in [1.54, 1.807) is 0 Å². The summed E-state index contributed by atoms with van der Waals surface area (Å²) in [5, 5.41) is 2.02. The van der Waals surface area contributed by atoms with E-state index in [1.807, 2.05) is 35.7 Å². The van der Waals surface area contributed by atoms with Gasteiger partial charge in [-0.25, -0.2) is 0 Å². The van der Waals surface area contributed by atoms with Crippen LogP contribution in [0.25, 0.3) is 0 Å². The van der Waals surface area contributed by atoms with Gasteiger partial charge < -0.3 is 0 Å². The number of thioether (sulfide) groups is 1. The summed E-state index contributed by atoms with van der Waals surface area (Å²) in [6.07, 6.45) is 2.89. The molecule has 2 rings (SSSR count). The predicted octanol–water partition coefficient (Wildman–Crippen LogP) is 2.63. The highest BCUT2D eigenvalue weighted by Gasteiger charge is 2.11. The molecule has 0 bridgehead atoms. The Bertz CT molecular complexity index is 341. The van der Waals surface area contributed by atoms with Crippen molar-refractivity contribution >= 4 is 16.9 Å². The molecule has 0 amide bonds. The van der Waals surface area contributed by atoms with Gasteiger partial charge >= 0.3 is 0 Å². The van der Waals surface area contributed by atoms with Crippen LogP contribution in [-0.4, -0.2) is 5.12 Å². The Morgan fingerprint density at radius 1 is 1.25 bits per heavy atom. The highest BCUT2D eigenvalue weighted by molar-refractivity contribution is 8.16. The van der Waals surface area contributed by atoms with Crippen LogP contribution in [-0.2, 0) is 6.42 Å². The van der Waals surface area contributed by atoms with Gasteiger partial charge in [0.25, 0.3) is 0 Å². The summed E-state index contributed by atoms with van der Waals surface area (Å²) in [7, 11) is 0.